The van der Waals surface area contributed by atoms with Crippen LogP contribution in [-0.4, -0.2) is 50.5 Å². The number of benzene rings is 1. The highest BCUT2D eigenvalue weighted by Gasteiger charge is 2.23. The third-order valence-corrected chi connectivity index (χ3v) is 7.28. The molecule has 10 nitrogen and oxygen atoms in total. The van der Waals surface area contributed by atoms with Crippen molar-refractivity contribution in [3.8, 4) is 17.1 Å². The van der Waals surface area contributed by atoms with Crippen molar-refractivity contribution >= 4 is 22.9 Å². The van der Waals surface area contributed by atoms with Crippen LogP contribution in [0.15, 0.2) is 34.7 Å². The third-order valence-electron chi connectivity index (χ3n) is 7.28. The van der Waals surface area contributed by atoms with Gasteiger partial charge in [0.2, 0.25) is 5.91 Å². The van der Waals surface area contributed by atoms with E-state index in [0.717, 1.165) is 43.5 Å². The molecule has 0 spiro atoms. The number of nitrogens with zero attached hydrogens (tertiary/aromatic N) is 5. The number of carbonyl (C=O) groups is 1. The molecule has 0 bridgehead atoms. The van der Waals surface area contributed by atoms with E-state index in [4.69, 9.17) is 25.6 Å². The van der Waals surface area contributed by atoms with Crippen molar-refractivity contribution in [3.63, 3.8) is 0 Å². The Bertz CT molecular complexity index is 1460. The normalized spacial score (nSPS) is 14.4. The first-order valence-electron chi connectivity index (χ1n) is 12.8. The van der Waals surface area contributed by atoms with Crippen LogP contribution in [0.5, 0.6) is 5.75 Å². The first-order chi connectivity index (χ1) is 18.4. The van der Waals surface area contributed by atoms with Crippen molar-refractivity contribution in [1.29, 1.82) is 0 Å². The number of anilines is 1. The molecule has 1 amide bonds. The fourth-order valence-corrected chi connectivity index (χ4v) is 5.14. The number of aryl methyl sites for hydroxylation is 1. The van der Waals surface area contributed by atoms with Crippen molar-refractivity contribution in [2.24, 2.45) is 11.7 Å². The average Bonchev–Trinajstić information content (AvgIpc) is 3.52. The number of hydrogen-bond donors (Lipinski definition) is 2. The molecule has 0 radical (unpaired) electrons. The van der Waals surface area contributed by atoms with Crippen LogP contribution >= 0.6 is 0 Å². The molecule has 0 atom stereocenters. The summed E-state index contributed by atoms with van der Waals surface area (Å²) in [7, 11) is 1.62. The molecule has 5 rings (SSSR count). The number of hydrogen-bond acceptors (Lipinski definition) is 8. The molecule has 0 unspecified atom stereocenters. The number of rotatable bonds is 8. The van der Waals surface area contributed by atoms with Crippen LogP contribution in [0.4, 0.5) is 10.2 Å². The highest BCUT2D eigenvalue weighted by atomic mass is 19.1. The molecule has 200 valence electrons. The van der Waals surface area contributed by atoms with Crippen LogP contribution in [0.1, 0.15) is 43.3 Å². The van der Waals surface area contributed by atoms with Gasteiger partial charge in [-0.2, -0.15) is 14.4 Å². The van der Waals surface area contributed by atoms with E-state index in [1.165, 1.54) is 0 Å². The molecular weight excluding hydrogens is 489 g/mol. The van der Waals surface area contributed by atoms with Crippen molar-refractivity contribution in [2.75, 3.05) is 25.9 Å². The number of nitrogens with two attached hydrogens (primary N) is 2. The summed E-state index contributed by atoms with van der Waals surface area (Å²) in [6.07, 6.45) is 2.22. The molecule has 4 N–H and O–H groups in total. The zero-order chi connectivity index (χ0) is 26.8. The third kappa shape index (κ3) is 5.19. The molecular formula is C27H32FN7O3. The largest absolute Gasteiger partial charge is 0.497 e. The first kappa shape index (κ1) is 25.7. The summed E-state index contributed by atoms with van der Waals surface area (Å²) in [5, 5.41) is 0. The summed E-state index contributed by atoms with van der Waals surface area (Å²) in [6.45, 7) is 4.00. The summed E-state index contributed by atoms with van der Waals surface area (Å²) in [6, 6.07) is 9.50. The number of imidazole rings is 1. The van der Waals surface area contributed by atoms with Crippen molar-refractivity contribution in [2.45, 2.75) is 45.7 Å². The molecule has 3 aromatic heterocycles. The first-order valence-corrected chi connectivity index (χ1v) is 12.8. The van der Waals surface area contributed by atoms with Gasteiger partial charge in [0.25, 0.3) is 0 Å². The summed E-state index contributed by atoms with van der Waals surface area (Å²) in [4.78, 5) is 26.1. The SMILES string of the molecule is COc1ccc(-c2ccc(CN)o2)c(Cc2nc3c(N)nc(F)nc3n2CCC2CCN(C(C)=O)CC2)c1. The standard InChI is InChI=1S/C27H32FN7O3/c1-16(36)34-10-7-17(8-11-34)9-12-35-23(31-24-25(30)32-27(28)33-26(24)35)14-18-13-19(37-2)3-5-21(18)22-6-4-20(15-29)38-22/h3-6,13,17H,7-12,14-15,29H2,1-2H3,(H2,30,32,33). The Balaban J connectivity index is 1.49. The minimum Gasteiger partial charge on any atom is -0.497 e. The van der Waals surface area contributed by atoms with Crippen molar-refractivity contribution < 1.29 is 18.3 Å². The Kier molecular flexibility index (Phi) is 7.28. The van der Waals surface area contributed by atoms with Gasteiger partial charge < -0.3 is 30.1 Å². The lowest BCUT2D eigenvalue weighted by Crippen LogP contribution is -2.37. The molecule has 1 saturated heterocycles. The van der Waals surface area contributed by atoms with Crippen LogP contribution in [0, 0.1) is 12.0 Å². The van der Waals surface area contributed by atoms with Gasteiger partial charge in [-0.15, -0.1) is 0 Å². The lowest BCUT2D eigenvalue weighted by atomic mass is 9.93. The number of carbonyl (C=O) groups excluding carboxylic acids is 1. The number of methoxy groups -OCH3 is 1. The molecule has 1 fully saturated rings. The molecule has 1 aliphatic heterocycles. The van der Waals surface area contributed by atoms with E-state index in [0.29, 0.717) is 59.7 Å². The summed E-state index contributed by atoms with van der Waals surface area (Å²) in [5.74, 6) is 3.30. The highest BCUT2D eigenvalue weighted by molar-refractivity contribution is 5.82. The van der Waals surface area contributed by atoms with Gasteiger partial charge >= 0.3 is 6.08 Å². The maximum absolute atomic E-state index is 14.2. The van der Waals surface area contributed by atoms with Crippen LogP contribution < -0.4 is 16.2 Å². The number of amides is 1. The van der Waals surface area contributed by atoms with Gasteiger partial charge in [-0.3, -0.25) is 4.79 Å². The van der Waals surface area contributed by atoms with Gasteiger partial charge in [0.05, 0.1) is 13.7 Å². The maximum Gasteiger partial charge on any atom is 0.312 e. The summed E-state index contributed by atoms with van der Waals surface area (Å²) >= 11 is 0. The number of fused-ring (bicyclic) bond motifs is 1. The quantitative estimate of drug-likeness (QED) is 0.336. The lowest BCUT2D eigenvalue weighted by Gasteiger charge is -2.31. The van der Waals surface area contributed by atoms with Crippen LogP contribution in [0.25, 0.3) is 22.5 Å². The molecule has 11 heteroatoms. The smallest absolute Gasteiger partial charge is 0.312 e. The van der Waals surface area contributed by atoms with Gasteiger partial charge in [0.15, 0.2) is 17.0 Å². The minimum atomic E-state index is -0.885. The van der Waals surface area contributed by atoms with Crippen LogP contribution in [-0.2, 0) is 24.3 Å². The molecule has 4 heterocycles. The van der Waals surface area contributed by atoms with E-state index in [1.807, 2.05) is 39.8 Å². The molecule has 0 aliphatic carbocycles. The van der Waals surface area contributed by atoms with Crippen molar-refractivity contribution in [1.82, 2.24) is 24.4 Å². The minimum absolute atomic E-state index is 0.00625. The second-order valence-electron chi connectivity index (χ2n) is 9.64. The number of piperidine rings is 1. The number of halogens is 1. The van der Waals surface area contributed by atoms with Gasteiger partial charge in [0.1, 0.15) is 23.1 Å². The van der Waals surface area contributed by atoms with E-state index < -0.39 is 6.08 Å². The predicted octanol–water partition coefficient (Wildman–Crippen LogP) is 3.51. The fourth-order valence-electron chi connectivity index (χ4n) is 5.14. The molecule has 1 aliphatic rings. The fraction of sp³-hybridized carbons (Fsp3) is 0.407. The monoisotopic (exact) mass is 521 g/mol. The predicted molar refractivity (Wildman–Crippen MR) is 141 cm³/mol. The van der Waals surface area contributed by atoms with Gasteiger partial charge in [-0.05, 0) is 61.1 Å². The van der Waals surface area contributed by atoms with Gasteiger partial charge in [-0.1, -0.05) is 0 Å². The number of nitrogen functional groups attached to an aromatic ring is 1. The van der Waals surface area contributed by atoms with E-state index >= 15 is 0 Å². The number of aromatic nitrogens is 4. The second kappa shape index (κ2) is 10.8. The van der Waals surface area contributed by atoms with E-state index in [9.17, 15) is 9.18 Å². The van der Waals surface area contributed by atoms with Crippen LogP contribution in [0.2, 0.25) is 0 Å². The number of ether oxygens (including phenoxy) is 1. The van der Waals surface area contributed by atoms with E-state index in [1.54, 1.807) is 14.0 Å². The molecule has 4 aromatic rings. The topological polar surface area (TPSA) is 138 Å². The van der Waals surface area contributed by atoms with Gasteiger partial charge in [-0.25, -0.2) is 4.98 Å². The average molecular weight is 522 g/mol. The van der Waals surface area contributed by atoms with Crippen LogP contribution in [0.3, 0.4) is 0 Å². The maximum atomic E-state index is 14.2. The van der Waals surface area contributed by atoms with E-state index in [2.05, 4.69) is 9.97 Å². The van der Waals surface area contributed by atoms with Gasteiger partial charge in [0, 0.05) is 38.5 Å². The van der Waals surface area contributed by atoms with Crippen molar-refractivity contribution in [3.05, 3.63) is 53.6 Å². The molecule has 0 saturated carbocycles. The zero-order valence-electron chi connectivity index (χ0n) is 21.6. The summed E-state index contributed by atoms with van der Waals surface area (Å²) in [5.41, 5.74) is 14.3. The Morgan fingerprint density at radius 1 is 1.18 bits per heavy atom. The second-order valence-corrected chi connectivity index (χ2v) is 9.64. The van der Waals surface area contributed by atoms with E-state index in [-0.39, 0.29) is 11.7 Å². The Labute approximate surface area is 219 Å². The Morgan fingerprint density at radius 2 is 1.97 bits per heavy atom. The zero-order valence-corrected chi connectivity index (χ0v) is 21.6. The highest BCUT2D eigenvalue weighted by Crippen LogP contribution is 2.32. The Morgan fingerprint density at radius 3 is 2.66 bits per heavy atom. The lowest BCUT2D eigenvalue weighted by molar-refractivity contribution is -0.130. The number of furan rings is 1. The Hall–Kier alpha value is -3.99. The summed E-state index contributed by atoms with van der Waals surface area (Å²) < 4.78 is 27.6. The molecule has 38 heavy (non-hydrogen) atoms. The number of likely N-dealkylation sites (tertiary alicyclic amines) is 1. The molecule has 1 aromatic carbocycles.